The standard InChI is InChI=1S/C15H17N3O5/c1-3-5-15(22)11(20)10(7-19)23-14(15)18-6-4-9-12(18)16-8(2)17-13(9)21/h4,6,10-11,14,19-20,22H,7H2,1-2H3,(H,16,17,21)/t10-,11+,14-,15?/m1/s1. The third-order valence-electron chi connectivity index (χ3n) is 3.94. The van der Waals surface area contributed by atoms with Gasteiger partial charge in [-0.25, -0.2) is 4.98 Å². The predicted octanol–water partition coefficient (Wildman–Crippen LogP) is -0.962. The third kappa shape index (κ3) is 2.26. The van der Waals surface area contributed by atoms with Crippen molar-refractivity contribution in [2.75, 3.05) is 6.61 Å². The summed E-state index contributed by atoms with van der Waals surface area (Å²) in [5.74, 6) is 5.52. The van der Waals surface area contributed by atoms with Crippen LogP contribution in [0.3, 0.4) is 0 Å². The molecule has 122 valence electrons. The van der Waals surface area contributed by atoms with Crippen LogP contribution in [0.25, 0.3) is 11.0 Å². The molecule has 1 unspecified atom stereocenters. The van der Waals surface area contributed by atoms with E-state index in [9.17, 15) is 20.1 Å². The Morgan fingerprint density at radius 1 is 1.57 bits per heavy atom. The van der Waals surface area contributed by atoms with E-state index in [0.717, 1.165) is 0 Å². The van der Waals surface area contributed by atoms with Crippen LogP contribution in [-0.4, -0.2) is 54.3 Å². The molecule has 0 spiro atoms. The van der Waals surface area contributed by atoms with Gasteiger partial charge in [0.15, 0.2) is 11.8 Å². The van der Waals surface area contributed by atoms with Crippen molar-refractivity contribution in [3.05, 3.63) is 28.4 Å². The van der Waals surface area contributed by atoms with Crippen LogP contribution in [0, 0.1) is 18.8 Å². The average molecular weight is 319 g/mol. The molecule has 1 saturated heterocycles. The van der Waals surface area contributed by atoms with Gasteiger partial charge in [-0.1, -0.05) is 5.92 Å². The van der Waals surface area contributed by atoms with Crippen molar-refractivity contribution in [1.82, 2.24) is 14.5 Å². The fourth-order valence-corrected chi connectivity index (χ4v) is 2.87. The summed E-state index contributed by atoms with van der Waals surface area (Å²) in [6.45, 7) is 2.68. The van der Waals surface area contributed by atoms with Crippen LogP contribution in [0.15, 0.2) is 17.1 Å². The fraction of sp³-hybridized carbons (Fsp3) is 0.467. The quantitative estimate of drug-likeness (QED) is 0.529. The number of H-pyrrole nitrogens is 1. The number of aromatic nitrogens is 3. The zero-order valence-corrected chi connectivity index (χ0v) is 12.6. The van der Waals surface area contributed by atoms with Crippen LogP contribution in [0.4, 0.5) is 0 Å². The fourth-order valence-electron chi connectivity index (χ4n) is 2.87. The van der Waals surface area contributed by atoms with Crippen LogP contribution in [0.5, 0.6) is 0 Å². The number of aliphatic hydroxyl groups excluding tert-OH is 2. The molecular weight excluding hydrogens is 302 g/mol. The summed E-state index contributed by atoms with van der Waals surface area (Å²) in [7, 11) is 0. The number of ether oxygens (including phenoxy) is 1. The van der Waals surface area contributed by atoms with Crippen molar-refractivity contribution in [3.63, 3.8) is 0 Å². The molecular formula is C15H17N3O5. The molecule has 3 rings (SSSR count). The Morgan fingerprint density at radius 2 is 2.30 bits per heavy atom. The Morgan fingerprint density at radius 3 is 2.96 bits per heavy atom. The van der Waals surface area contributed by atoms with E-state index < -0.39 is 30.6 Å². The smallest absolute Gasteiger partial charge is 0.260 e. The molecule has 2 aromatic heterocycles. The number of aromatic amines is 1. The van der Waals surface area contributed by atoms with E-state index in [-0.39, 0.29) is 5.56 Å². The molecule has 2 aromatic rings. The molecule has 8 heteroatoms. The van der Waals surface area contributed by atoms with E-state index in [0.29, 0.717) is 16.9 Å². The van der Waals surface area contributed by atoms with Gasteiger partial charge < -0.3 is 29.6 Å². The van der Waals surface area contributed by atoms with Gasteiger partial charge in [0, 0.05) is 6.20 Å². The van der Waals surface area contributed by atoms with Crippen molar-refractivity contribution >= 4 is 11.0 Å². The lowest BCUT2D eigenvalue weighted by Crippen LogP contribution is -2.45. The highest BCUT2D eigenvalue weighted by atomic mass is 16.6. The molecule has 0 amide bonds. The van der Waals surface area contributed by atoms with E-state index in [2.05, 4.69) is 21.8 Å². The van der Waals surface area contributed by atoms with Gasteiger partial charge in [0.1, 0.15) is 23.7 Å². The molecule has 0 bridgehead atoms. The van der Waals surface area contributed by atoms with Crippen molar-refractivity contribution in [2.45, 2.75) is 37.9 Å². The highest BCUT2D eigenvalue weighted by Gasteiger charge is 2.55. The second kappa shape index (κ2) is 5.47. The normalized spacial score (nSPS) is 30.4. The Bertz CT molecular complexity index is 861. The molecule has 0 saturated carbocycles. The Balaban J connectivity index is 2.20. The lowest BCUT2D eigenvalue weighted by Gasteiger charge is -2.26. The number of aliphatic hydroxyl groups is 3. The van der Waals surface area contributed by atoms with E-state index >= 15 is 0 Å². The molecule has 8 nitrogen and oxygen atoms in total. The molecule has 4 atom stereocenters. The van der Waals surface area contributed by atoms with Gasteiger partial charge in [0.05, 0.1) is 12.0 Å². The zero-order valence-electron chi connectivity index (χ0n) is 12.6. The second-order valence-corrected chi connectivity index (χ2v) is 5.47. The summed E-state index contributed by atoms with van der Waals surface area (Å²) in [5.41, 5.74) is -1.93. The number of hydrogen-bond acceptors (Lipinski definition) is 6. The number of nitrogens with zero attached hydrogens (tertiary/aromatic N) is 2. The minimum absolute atomic E-state index is 0.304. The van der Waals surface area contributed by atoms with E-state index in [1.807, 2.05) is 0 Å². The van der Waals surface area contributed by atoms with Gasteiger partial charge >= 0.3 is 0 Å². The maximum atomic E-state index is 12.0. The lowest BCUT2D eigenvalue weighted by atomic mass is 9.94. The van der Waals surface area contributed by atoms with Gasteiger partial charge in [-0.05, 0) is 19.9 Å². The zero-order chi connectivity index (χ0) is 16.8. The van der Waals surface area contributed by atoms with Crippen LogP contribution in [0.2, 0.25) is 0 Å². The molecule has 3 heterocycles. The number of aryl methyl sites for hydroxylation is 1. The first-order valence-electron chi connectivity index (χ1n) is 7.10. The van der Waals surface area contributed by atoms with Crippen LogP contribution in [-0.2, 0) is 4.74 Å². The number of hydrogen-bond donors (Lipinski definition) is 4. The maximum absolute atomic E-state index is 12.0. The molecule has 0 aromatic carbocycles. The molecule has 1 aliphatic heterocycles. The van der Waals surface area contributed by atoms with E-state index in [1.54, 1.807) is 13.0 Å². The third-order valence-corrected chi connectivity index (χ3v) is 3.94. The number of rotatable bonds is 2. The molecule has 0 aliphatic carbocycles. The summed E-state index contributed by atoms with van der Waals surface area (Å²) in [5, 5.41) is 30.7. The van der Waals surface area contributed by atoms with Gasteiger partial charge in [-0.15, -0.1) is 5.92 Å². The first-order chi connectivity index (χ1) is 10.9. The Labute approximate surface area is 131 Å². The maximum Gasteiger partial charge on any atom is 0.260 e. The summed E-state index contributed by atoms with van der Waals surface area (Å²) in [4.78, 5) is 18.8. The predicted molar refractivity (Wildman–Crippen MR) is 80.5 cm³/mol. The summed E-state index contributed by atoms with van der Waals surface area (Å²) in [6, 6.07) is 1.54. The first kappa shape index (κ1) is 15.7. The highest BCUT2D eigenvalue weighted by molar-refractivity contribution is 5.75. The first-order valence-corrected chi connectivity index (χ1v) is 7.10. The van der Waals surface area contributed by atoms with Gasteiger partial charge in [-0.3, -0.25) is 4.79 Å². The van der Waals surface area contributed by atoms with Crippen LogP contribution >= 0.6 is 0 Å². The molecule has 1 aliphatic rings. The SMILES string of the molecule is CC#CC1(O)[C@@H](O)[C@@H](CO)O[C@H]1n1ccc2c(=O)[nH]c(C)nc21. The van der Waals surface area contributed by atoms with Crippen LogP contribution in [0.1, 0.15) is 19.0 Å². The van der Waals surface area contributed by atoms with Gasteiger partial charge in [0.25, 0.3) is 5.56 Å². The summed E-state index contributed by atoms with van der Waals surface area (Å²) >= 11 is 0. The van der Waals surface area contributed by atoms with Gasteiger partial charge in [-0.2, -0.15) is 0 Å². The van der Waals surface area contributed by atoms with Crippen molar-refractivity contribution in [1.29, 1.82) is 0 Å². The molecule has 4 N–H and O–H groups in total. The second-order valence-electron chi connectivity index (χ2n) is 5.47. The van der Waals surface area contributed by atoms with Crippen molar-refractivity contribution < 1.29 is 20.1 Å². The largest absolute Gasteiger partial charge is 0.394 e. The Kier molecular flexibility index (Phi) is 3.74. The average Bonchev–Trinajstić information content (AvgIpc) is 3.01. The monoisotopic (exact) mass is 319 g/mol. The topological polar surface area (TPSA) is 121 Å². The van der Waals surface area contributed by atoms with Crippen molar-refractivity contribution in [3.8, 4) is 11.8 Å². The molecule has 1 fully saturated rings. The Hall–Kier alpha value is -2.18. The lowest BCUT2D eigenvalue weighted by molar-refractivity contribution is -0.0719. The van der Waals surface area contributed by atoms with Gasteiger partial charge in [0.2, 0.25) is 0 Å². The number of fused-ring (bicyclic) bond motifs is 1. The molecule has 23 heavy (non-hydrogen) atoms. The minimum atomic E-state index is -1.92. The van der Waals surface area contributed by atoms with Crippen LogP contribution < -0.4 is 5.56 Å². The molecule has 0 radical (unpaired) electrons. The summed E-state index contributed by atoms with van der Waals surface area (Å²) in [6.07, 6.45) is -1.96. The van der Waals surface area contributed by atoms with Crippen molar-refractivity contribution in [2.24, 2.45) is 0 Å². The van der Waals surface area contributed by atoms with E-state index in [4.69, 9.17) is 4.74 Å². The summed E-state index contributed by atoms with van der Waals surface area (Å²) < 4.78 is 7.03. The highest BCUT2D eigenvalue weighted by Crippen LogP contribution is 2.39. The van der Waals surface area contributed by atoms with E-state index in [1.165, 1.54) is 17.7 Å². The minimum Gasteiger partial charge on any atom is -0.394 e. The number of nitrogens with one attached hydrogen (secondary N) is 1.